The predicted octanol–water partition coefficient (Wildman–Crippen LogP) is 1.17. The van der Waals surface area contributed by atoms with Crippen molar-refractivity contribution in [2.24, 2.45) is 5.73 Å². The van der Waals surface area contributed by atoms with Crippen molar-refractivity contribution in [1.29, 1.82) is 0 Å². The van der Waals surface area contributed by atoms with Crippen LogP contribution in [0.15, 0.2) is 5.38 Å². The van der Waals surface area contributed by atoms with Gasteiger partial charge in [0.2, 0.25) is 0 Å². The quantitative estimate of drug-likeness (QED) is 0.717. The van der Waals surface area contributed by atoms with Crippen molar-refractivity contribution in [3.8, 4) is 0 Å². The Morgan fingerprint density at radius 1 is 1.67 bits per heavy atom. The minimum atomic E-state index is -0.0806. The first-order valence-electron chi connectivity index (χ1n) is 5.20. The van der Waals surface area contributed by atoms with Crippen LogP contribution in [0, 0.1) is 0 Å². The molecular weight excluding hydrogens is 210 g/mol. The summed E-state index contributed by atoms with van der Waals surface area (Å²) < 4.78 is 0. The molecule has 0 aliphatic carbocycles. The van der Waals surface area contributed by atoms with E-state index < -0.39 is 0 Å². The van der Waals surface area contributed by atoms with Gasteiger partial charge in [-0.25, -0.2) is 4.98 Å². The lowest BCUT2D eigenvalue weighted by atomic mass is 10.3. The van der Waals surface area contributed by atoms with Gasteiger partial charge in [0.1, 0.15) is 5.69 Å². The maximum absolute atomic E-state index is 11.5. The third kappa shape index (κ3) is 3.97. The number of amides is 1. The number of hydrogen-bond acceptors (Lipinski definition) is 4. The first-order valence-corrected chi connectivity index (χ1v) is 6.08. The fourth-order valence-electron chi connectivity index (χ4n) is 1.12. The Bertz CT molecular complexity index is 311. The van der Waals surface area contributed by atoms with Gasteiger partial charge in [0.15, 0.2) is 0 Å². The van der Waals surface area contributed by atoms with Gasteiger partial charge in [0.25, 0.3) is 5.91 Å². The molecule has 0 aliphatic rings. The topological polar surface area (TPSA) is 68.0 Å². The average molecular weight is 227 g/mol. The zero-order valence-electron chi connectivity index (χ0n) is 8.95. The van der Waals surface area contributed by atoms with E-state index in [2.05, 4.69) is 17.2 Å². The molecule has 0 spiro atoms. The third-order valence-corrected chi connectivity index (χ3v) is 2.87. The van der Waals surface area contributed by atoms with Gasteiger partial charge < -0.3 is 11.1 Å². The fourth-order valence-corrected chi connectivity index (χ4v) is 1.92. The lowest BCUT2D eigenvalue weighted by Gasteiger charge is -2.00. The van der Waals surface area contributed by atoms with Crippen LogP contribution in [-0.4, -0.2) is 24.0 Å². The molecule has 1 heterocycles. The number of rotatable bonds is 6. The lowest BCUT2D eigenvalue weighted by molar-refractivity contribution is 0.0948. The molecule has 0 atom stereocenters. The molecule has 0 radical (unpaired) electrons. The zero-order chi connectivity index (χ0) is 11.1. The van der Waals surface area contributed by atoms with E-state index >= 15 is 0 Å². The van der Waals surface area contributed by atoms with Crippen LogP contribution in [0.4, 0.5) is 0 Å². The van der Waals surface area contributed by atoms with E-state index in [-0.39, 0.29) is 5.91 Å². The number of unbranched alkanes of at least 4 members (excludes halogenated alkanes) is 1. The molecule has 5 heteroatoms. The second-order valence-corrected chi connectivity index (χ2v) is 4.22. The van der Waals surface area contributed by atoms with Crippen molar-refractivity contribution < 1.29 is 4.79 Å². The highest BCUT2D eigenvalue weighted by atomic mass is 32.1. The Hall–Kier alpha value is -0.940. The number of carbonyl (C=O) groups is 1. The first-order chi connectivity index (χ1) is 7.27. The maximum Gasteiger partial charge on any atom is 0.270 e. The van der Waals surface area contributed by atoms with E-state index in [4.69, 9.17) is 5.73 Å². The molecule has 15 heavy (non-hydrogen) atoms. The normalized spacial score (nSPS) is 10.3. The highest BCUT2D eigenvalue weighted by Gasteiger charge is 2.09. The molecule has 1 amide bonds. The zero-order valence-corrected chi connectivity index (χ0v) is 9.77. The van der Waals surface area contributed by atoms with Gasteiger partial charge in [0, 0.05) is 18.3 Å². The van der Waals surface area contributed by atoms with Crippen LogP contribution in [0.25, 0.3) is 0 Å². The molecular formula is C10H17N3OS. The fraction of sp³-hybridized carbons (Fsp3) is 0.600. The van der Waals surface area contributed by atoms with Crippen LogP contribution in [0.1, 0.15) is 35.3 Å². The molecule has 1 aromatic heterocycles. The van der Waals surface area contributed by atoms with E-state index in [9.17, 15) is 4.79 Å². The summed E-state index contributed by atoms with van der Waals surface area (Å²) in [6.07, 6.45) is 2.83. The molecule has 0 unspecified atom stereocenters. The Balaban J connectivity index is 2.43. The molecule has 1 rings (SSSR count). The number of nitrogens with two attached hydrogens (primary N) is 1. The summed E-state index contributed by atoms with van der Waals surface area (Å²) in [5, 5.41) is 5.54. The number of nitrogens with one attached hydrogen (secondary N) is 1. The number of aromatic nitrogens is 1. The van der Waals surface area contributed by atoms with E-state index in [1.807, 2.05) is 0 Å². The van der Waals surface area contributed by atoms with Gasteiger partial charge in [-0.1, -0.05) is 13.3 Å². The van der Waals surface area contributed by atoms with Gasteiger partial charge in [-0.05, 0) is 13.0 Å². The van der Waals surface area contributed by atoms with Crippen molar-refractivity contribution in [3.05, 3.63) is 16.1 Å². The Labute approximate surface area is 93.9 Å². The highest BCUT2D eigenvalue weighted by Crippen LogP contribution is 2.09. The SMILES string of the molecule is CCCCNC(=O)c1csc(CCN)n1. The van der Waals surface area contributed by atoms with Crippen molar-refractivity contribution in [1.82, 2.24) is 10.3 Å². The molecule has 0 saturated heterocycles. The van der Waals surface area contributed by atoms with E-state index in [1.165, 1.54) is 11.3 Å². The number of hydrogen-bond donors (Lipinski definition) is 2. The van der Waals surface area contributed by atoms with Crippen molar-refractivity contribution >= 4 is 17.2 Å². The number of thiazole rings is 1. The molecule has 3 N–H and O–H groups in total. The van der Waals surface area contributed by atoms with Crippen molar-refractivity contribution in [2.75, 3.05) is 13.1 Å². The summed E-state index contributed by atoms with van der Waals surface area (Å²) in [6, 6.07) is 0. The standard InChI is InChI=1S/C10H17N3OS/c1-2-3-6-12-10(14)8-7-15-9(13-8)4-5-11/h7H,2-6,11H2,1H3,(H,12,14). The minimum Gasteiger partial charge on any atom is -0.351 e. The van der Waals surface area contributed by atoms with E-state index in [0.29, 0.717) is 12.2 Å². The van der Waals surface area contributed by atoms with Gasteiger partial charge >= 0.3 is 0 Å². The number of carbonyl (C=O) groups excluding carboxylic acids is 1. The molecule has 0 fully saturated rings. The lowest BCUT2D eigenvalue weighted by Crippen LogP contribution is -2.24. The molecule has 0 saturated carbocycles. The predicted molar refractivity (Wildman–Crippen MR) is 62.1 cm³/mol. The summed E-state index contributed by atoms with van der Waals surface area (Å²) in [5.41, 5.74) is 5.92. The van der Waals surface area contributed by atoms with Crippen LogP contribution in [0.5, 0.6) is 0 Å². The van der Waals surface area contributed by atoms with E-state index in [0.717, 1.165) is 30.8 Å². The second-order valence-electron chi connectivity index (χ2n) is 3.27. The maximum atomic E-state index is 11.5. The summed E-state index contributed by atoms with van der Waals surface area (Å²) >= 11 is 1.49. The van der Waals surface area contributed by atoms with Crippen LogP contribution in [0.2, 0.25) is 0 Å². The molecule has 0 aromatic carbocycles. The summed E-state index contributed by atoms with van der Waals surface area (Å²) in [7, 11) is 0. The van der Waals surface area contributed by atoms with Crippen LogP contribution >= 0.6 is 11.3 Å². The van der Waals surface area contributed by atoms with Crippen LogP contribution in [-0.2, 0) is 6.42 Å². The second kappa shape index (κ2) is 6.53. The average Bonchev–Trinajstić information content (AvgIpc) is 2.67. The largest absolute Gasteiger partial charge is 0.351 e. The summed E-state index contributed by atoms with van der Waals surface area (Å²) in [6.45, 7) is 3.39. The van der Waals surface area contributed by atoms with Crippen LogP contribution in [0.3, 0.4) is 0 Å². The van der Waals surface area contributed by atoms with Crippen molar-refractivity contribution in [3.63, 3.8) is 0 Å². The molecule has 1 aromatic rings. The first kappa shape index (κ1) is 12.1. The highest BCUT2D eigenvalue weighted by molar-refractivity contribution is 7.09. The molecule has 84 valence electrons. The van der Waals surface area contributed by atoms with Gasteiger partial charge in [0.05, 0.1) is 5.01 Å². The minimum absolute atomic E-state index is 0.0806. The summed E-state index contributed by atoms with van der Waals surface area (Å²) in [4.78, 5) is 15.7. The smallest absolute Gasteiger partial charge is 0.270 e. The van der Waals surface area contributed by atoms with Gasteiger partial charge in [-0.15, -0.1) is 11.3 Å². The van der Waals surface area contributed by atoms with E-state index in [1.54, 1.807) is 5.38 Å². The molecule has 0 bridgehead atoms. The van der Waals surface area contributed by atoms with Gasteiger partial charge in [-0.2, -0.15) is 0 Å². The van der Waals surface area contributed by atoms with Crippen LogP contribution < -0.4 is 11.1 Å². The molecule has 0 aliphatic heterocycles. The Morgan fingerprint density at radius 2 is 2.47 bits per heavy atom. The molecule has 4 nitrogen and oxygen atoms in total. The third-order valence-electron chi connectivity index (χ3n) is 1.96. The van der Waals surface area contributed by atoms with Gasteiger partial charge in [-0.3, -0.25) is 4.79 Å². The summed E-state index contributed by atoms with van der Waals surface area (Å²) in [5.74, 6) is -0.0806. The Kier molecular flexibility index (Phi) is 5.28. The Morgan fingerprint density at radius 3 is 3.13 bits per heavy atom. The van der Waals surface area contributed by atoms with Crippen molar-refractivity contribution in [2.45, 2.75) is 26.2 Å². The number of nitrogens with zero attached hydrogens (tertiary/aromatic N) is 1. The monoisotopic (exact) mass is 227 g/mol.